The van der Waals surface area contributed by atoms with Crippen molar-refractivity contribution in [1.82, 2.24) is 4.90 Å². The number of hydrogen-bond donors (Lipinski definition) is 1. The second-order valence-corrected chi connectivity index (χ2v) is 5.19. The number of nitrogens with zero attached hydrogens (tertiary/aromatic N) is 1. The number of benzene rings is 1. The van der Waals surface area contributed by atoms with Crippen molar-refractivity contribution in [2.75, 3.05) is 13.1 Å². The van der Waals surface area contributed by atoms with Crippen molar-refractivity contribution in [2.45, 2.75) is 18.9 Å². The molecule has 0 aliphatic carbocycles. The second kappa shape index (κ2) is 6.50. The quantitative estimate of drug-likeness (QED) is 0.856. The van der Waals surface area contributed by atoms with Crippen molar-refractivity contribution in [3.05, 3.63) is 34.1 Å². The lowest BCUT2D eigenvalue weighted by Crippen LogP contribution is -2.45. The topological polar surface area (TPSA) is 46.3 Å². The summed E-state index contributed by atoms with van der Waals surface area (Å²) in [6.07, 6.45) is 1.80. The first-order valence-corrected chi connectivity index (χ1v) is 6.37. The maximum atomic E-state index is 13.6. The molecule has 1 heterocycles. The molecule has 0 aromatic heterocycles. The third kappa shape index (κ3) is 3.43. The van der Waals surface area contributed by atoms with Crippen molar-refractivity contribution in [1.29, 1.82) is 0 Å². The van der Waals surface area contributed by atoms with Gasteiger partial charge in [0.2, 0.25) is 0 Å². The van der Waals surface area contributed by atoms with E-state index in [-0.39, 0.29) is 29.9 Å². The first-order chi connectivity index (χ1) is 8.08. The number of amides is 1. The van der Waals surface area contributed by atoms with E-state index in [1.807, 2.05) is 0 Å². The molecular weight excluding hydrogens is 322 g/mol. The van der Waals surface area contributed by atoms with E-state index < -0.39 is 5.82 Å². The van der Waals surface area contributed by atoms with Crippen LogP contribution >= 0.6 is 28.3 Å². The summed E-state index contributed by atoms with van der Waals surface area (Å²) >= 11 is 3.17. The zero-order valence-electron chi connectivity index (χ0n) is 9.73. The first kappa shape index (κ1) is 15.4. The van der Waals surface area contributed by atoms with Gasteiger partial charge in [-0.3, -0.25) is 4.79 Å². The lowest BCUT2D eigenvalue weighted by molar-refractivity contribution is 0.0704. The summed E-state index contributed by atoms with van der Waals surface area (Å²) in [4.78, 5) is 13.7. The van der Waals surface area contributed by atoms with Gasteiger partial charge in [0.25, 0.3) is 5.91 Å². The average Bonchev–Trinajstić information content (AvgIpc) is 2.28. The predicted molar refractivity (Wildman–Crippen MR) is 74.5 cm³/mol. The van der Waals surface area contributed by atoms with Crippen LogP contribution in [0.3, 0.4) is 0 Å². The Labute approximate surface area is 120 Å². The predicted octanol–water partition coefficient (Wildman–Crippen LogP) is 2.57. The van der Waals surface area contributed by atoms with E-state index in [4.69, 9.17) is 5.73 Å². The molecule has 1 fully saturated rings. The number of carbonyl (C=O) groups is 1. The van der Waals surface area contributed by atoms with Crippen molar-refractivity contribution < 1.29 is 9.18 Å². The largest absolute Gasteiger partial charge is 0.337 e. The molecule has 100 valence electrons. The molecule has 2 rings (SSSR count). The van der Waals surface area contributed by atoms with Gasteiger partial charge in [-0.05, 0) is 31.0 Å². The zero-order chi connectivity index (χ0) is 12.4. The summed E-state index contributed by atoms with van der Waals surface area (Å²) in [5.41, 5.74) is 5.92. The Bertz CT molecular complexity index is 444. The number of piperidine rings is 1. The van der Waals surface area contributed by atoms with Crippen LogP contribution in [0.1, 0.15) is 23.2 Å². The summed E-state index contributed by atoms with van der Waals surface area (Å²) in [5, 5.41) is 0. The SMILES string of the molecule is Cl.NC1CCCN(C(=O)c2ccc(Br)cc2F)C1. The van der Waals surface area contributed by atoms with Gasteiger partial charge in [-0.15, -0.1) is 12.4 Å². The number of hydrogen-bond acceptors (Lipinski definition) is 2. The summed E-state index contributed by atoms with van der Waals surface area (Å²) in [5.74, 6) is -0.770. The average molecular weight is 338 g/mol. The van der Waals surface area contributed by atoms with Crippen molar-refractivity contribution in [3.8, 4) is 0 Å². The van der Waals surface area contributed by atoms with Gasteiger partial charge in [-0.25, -0.2) is 4.39 Å². The van der Waals surface area contributed by atoms with E-state index in [0.717, 1.165) is 12.8 Å². The summed E-state index contributed by atoms with van der Waals surface area (Å²) in [6, 6.07) is 4.48. The minimum absolute atomic E-state index is 0. The highest BCUT2D eigenvalue weighted by molar-refractivity contribution is 9.10. The molecule has 0 spiro atoms. The van der Waals surface area contributed by atoms with Crippen LogP contribution in [-0.2, 0) is 0 Å². The van der Waals surface area contributed by atoms with E-state index in [0.29, 0.717) is 17.6 Å². The van der Waals surface area contributed by atoms with E-state index in [1.165, 1.54) is 12.1 Å². The second-order valence-electron chi connectivity index (χ2n) is 4.28. The van der Waals surface area contributed by atoms with Crippen LogP contribution in [0.25, 0.3) is 0 Å². The third-order valence-corrected chi connectivity index (χ3v) is 3.40. The van der Waals surface area contributed by atoms with E-state index in [2.05, 4.69) is 15.9 Å². The fourth-order valence-corrected chi connectivity index (χ4v) is 2.36. The molecule has 1 unspecified atom stereocenters. The van der Waals surface area contributed by atoms with E-state index in [9.17, 15) is 9.18 Å². The molecule has 1 aliphatic heterocycles. The lowest BCUT2D eigenvalue weighted by atomic mass is 10.1. The highest BCUT2D eigenvalue weighted by atomic mass is 79.9. The van der Waals surface area contributed by atoms with Crippen LogP contribution in [-0.4, -0.2) is 29.9 Å². The maximum Gasteiger partial charge on any atom is 0.256 e. The highest BCUT2D eigenvalue weighted by Gasteiger charge is 2.24. The summed E-state index contributed by atoms with van der Waals surface area (Å²) in [7, 11) is 0. The van der Waals surface area contributed by atoms with Gasteiger partial charge in [0.1, 0.15) is 5.82 Å². The molecule has 0 saturated carbocycles. The number of rotatable bonds is 1. The molecule has 1 atom stereocenters. The molecule has 1 aromatic carbocycles. The van der Waals surface area contributed by atoms with Gasteiger partial charge in [0, 0.05) is 23.6 Å². The molecule has 6 heteroatoms. The van der Waals surface area contributed by atoms with Crippen LogP contribution in [0.4, 0.5) is 4.39 Å². The Morgan fingerprint density at radius 3 is 2.83 bits per heavy atom. The van der Waals surface area contributed by atoms with E-state index in [1.54, 1.807) is 11.0 Å². The molecule has 1 aliphatic rings. The first-order valence-electron chi connectivity index (χ1n) is 5.58. The van der Waals surface area contributed by atoms with Crippen LogP contribution in [0.2, 0.25) is 0 Å². The number of carbonyl (C=O) groups excluding carboxylic acids is 1. The van der Waals surface area contributed by atoms with Gasteiger partial charge in [-0.2, -0.15) is 0 Å². The summed E-state index contributed by atoms with van der Waals surface area (Å²) < 4.78 is 14.3. The van der Waals surface area contributed by atoms with Gasteiger partial charge in [-0.1, -0.05) is 15.9 Å². The maximum absolute atomic E-state index is 13.6. The molecule has 1 aromatic rings. The van der Waals surface area contributed by atoms with Crippen LogP contribution in [0.5, 0.6) is 0 Å². The van der Waals surface area contributed by atoms with Crippen LogP contribution in [0.15, 0.2) is 22.7 Å². The number of likely N-dealkylation sites (tertiary alicyclic amines) is 1. The fourth-order valence-electron chi connectivity index (χ4n) is 2.03. The van der Waals surface area contributed by atoms with Crippen molar-refractivity contribution in [3.63, 3.8) is 0 Å². The summed E-state index contributed by atoms with van der Waals surface area (Å²) in [6.45, 7) is 1.16. The molecule has 18 heavy (non-hydrogen) atoms. The fraction of sp³-hybridized carbons (Fsp3) is 0.417. The lowest BCUT2D eigenvalue weighted by Gasteiger charge is -2.30. The molecule has 0 bridgehead atoms. The Kier molecular flexibility index (Phi) is 5.56. The molecule has 3 nitrogen and oxygen atoms in total. The zero-order valence-corrected chi connectivity index (χ0v) is 12.1. The van der Waals surface area contributed by atoms with Crippen LogP contribution < -0.4 is 5.73 Å². The molecule has 1 saturated heterocycles. The molecule has 2 N–H and O–H groups in total. The van der Waals surface area contributed by atoms with Gasteiger partial charge >= 0.3 is 0 Å². The van der Waals surface area contributed by atoms with Crippen LogP contribution in [0, 0.1) is 5.82 Å². The van der Waals surface area contributed by atoms with Gasteiger partial charge in [0.05, 0.1) is 5.56 Å². The van der Waals surface area contributed by atoms with Gasteiger partial charge < -0.3 is 10.6 Å². The minimum atomic E-state index is -0.497. The highest BCUT2D eigenvalue weighted by Crippen LogP contribution is 2.18. The van der Waals surface area contributed by atoms with Crippen molar-refractivity contribution in [2.24, 2.45) is 5.73 Å². The number of nitrogens with two attached hydrogens (primary N) is 1. The Balaban J connectivity index is 0.00000162. The number of halogens is 3. The smallest absolute Gasteiger partial charge is 0.256 e. The minimum Gasteiger partial charge on any atom is -0.337 e. The van der Waals surface area contributed by atoms with Crippen molar-refractivity contribution >= 4 is 34.2 Å². The Hall–Kier alpha value is -0.650. The standard InChI is InChI=1S/C12H14BrFN2O.ClH/c13-8-3-4-10(11(14)6-8)12(17)16-5-1-2-9(15)7-16;/h3-4,6,9H,1-2,5,7,15H2;1H. The van der Waals surface area contributed by atoms with E-state index >= 15 is 0 Å². The Morgan fingerprint density at radius 1 is 1.50 bits per heavy atom. The normalized spacial score (nSPS) is 19.3. The molecule has 1 amide bonds. The Morgan fingerprint density at radius 2 is 2.22 bits per heavy atom. The monoisotopic (exact) mass is 336 g/mol. The molecular formula is C12H15BrClFN2O. The van der Waals surface area contributed by atoms with Gasteiger partial charge in [0.15, 0.2) is 0 Å². The third-order valence-electron chi connectivity index (χ3n) is 2.91. The molecule has 0 radical (unpaired) electrons.